The highest BCUT2D eigenvalue weighted by molar-refractivity contribution is 7.89. The highest BCUT2D eigenvalue weighted by Crippen LogP contribution is 2.20. The largest absolute Gasteiger partial charge is 0.497 e. The molecular formula is C23H35N3O4S. The van der Waals surface area contributed by atoms with Crippen LogP contribution in [0.3, 0.4) is 0 Å². The van der Waals surface area contributed by atoms with E-state index in [4.69, 9.17) is 4.74 Å². The monoisotopic (exact) mass is 449 g/mol. The number of ether oxygens (including phenoxy) is 1. The van der Waals surface area contributed by atoms with E-state index in [9.17, 15) is 13.2 Å². The predicted octanol–water partition coefficient (Wildman–Crippen LogP) is 3.51. The molecule has 172 valence electrons. The lowest BCUT2D eigenvalue weighted by Gasteiger charge is -2.28. The third-order valence-electron chi connectivity index (χ3n) is 5.11. The van der Waals surface area contributed by atoms with Crippen molar-refractivity contribution >= 4 is 15.9 Å². The Morgan fingerprint density at radius 3 is 2.35 bits per heavy atom. The van der Waals surface area contributed by atoms with E-state index < -0.39 is 10.0 Å². The molecule has 0 atom stereocenters. The molecule has 0 aliphatic carbocycles. The Labute approximate surface area is 186 Å². The smallest absolute Gasteiger partial charge is 0.243 e. The van der Waals surface area contributed by atoms with Crippen LogP contribution in [0.1, 0.15) is 39.3 Å². The van der Waals surface area contributed by atoms with E-state index in [-0.39, 0.29) is 23.3 Å². The van der Waals surface area contributed by atoms with Gasteiger partial charge in [-0.05, 0) is 48.7 Å². The van der Waals surface area contributed by atoms with E-state index in [2.05, 4.69) is 0 Å². The SMILES string of the molecule is CCCCN(CC(=O)N(Cc1cccn1C)CC(C)C)S(=O)(=O)c1ccc(OC)cc1. The van der Waals surface area contributed by atoms with E-state index in [0.29, 0.717) is 31.8 Å². The molecule has 0 fully saturated rings. The summed E-state index contributed by atoms with van der Waals surface area (Å²) in [5.74, 6) is 0.662. The predicted molar refractivity (Wildman–Crippen MR) is 122 cm³/mol. The van der Waals surface area contributed by atoms with Crippen molar-refractivity contribution in [1.29, 1.82) is 0 Å². The van der Waals surface area contributed by atoms with Gasteiger partial charge < -0.3 is 14.2 Å². The number of rotatable bonds is 12. The fourth-order valence-corrected chi connectivity index (χ4v) is 4.75. The fourth-order valence-electron chi connectivity index (χ4n) is 3.32. The molecule has 0 saturated carbocycles. The lowest BCUT2D eigenvalue weighted by molar-refractivity contribution is -0.132. The minimum absolute atomic E-state index is 0.162. The summed E-state index contributed by atoms with van der Waals surface area (Å²) in [4.78, 5) is 15.2. The van der Waals surface area contributed by atoms with Gasteiger partial charge >= 0.3 is 0 Å². The summed E-state index contributed by atoms with van der Waals surface area (Å²) >= 11 is 0. The van der Waals surface area contributed by atoms with E-state index in [1.54, 1.807) is 17.0 Å². The molecule has 0 N–H and O–H groups in total. The number of benzene rings is 1. The summed E-state index contributed by atoms with van der Waals surface area (Å²) < 4.78 is 35.0. The van der Waals surface area contributed by atoms with Crippen LogP contribution in [0.2, 0.25) is 0 Å². The molecule has 0 saturated heterocycles. The van der Waals surface area contributed by atoms with Crippen LogP contribution in [0.5, 0.6) is 5.75 Å². The highest BCUT2D eigenvalue weighted by atomic mass is 32.2. The first-order chi connectivity index (χ1) is 14.7. The zero-order valence-electron chi connectivity index (χ0n) is 19.2. The summed E-state index contributed by atoms with van der Waals surface area (Å²) in [6.45, 7) is 7.24. The van der Waals surface area contributed by atoms with Crippen LogP contribution in [0.4, 0.5) is 0 Å². The zero-order chi connectivity index (χ0) is 23.0. The van der Waals surface area contributed by atoms with Crippen molar-refractivity contribution in [1.82, 2.24) is 13.8 Å². The van der Waals surface area contributed by atoms with Gasteiger partial charge in [0.1, 0.15) is 5.75 Å². The van der Waals surface area contributed by atoms with Gasteiger partial charge in [0.25, 0.3) is 0 Å². The lowest BCUT2D eigenvalue weighted by atomic mass is 10.2. The second kappa shape index (κ2) is 11.3. The molecule has 0 radical (unpaired) electrons. The Morgan fingerprint density at radius 2 is 1.84 bits per heavy atom. The average Bonchev–Trinajstić information content (AvgIpc) is 3.14. The molecule has 31 heavy (non-hydrogen) atoms. The van der Waals surface area contributed by atoms with Crippen LogP contribution in [-0.2, 0) is 28.4 Å². The van der Waals surface area contributed by atoms with Crippen LogP contribution in [-0.4, -0.2) is 54.8 Å². The molecular weight excluding hydrogens is 414 g/mol. The van der Waals surface area contributed by atoms with Crippen molar-refractivity contribution in [2.75, 3.05) is 26.7 Å². The van der Waals surface area contributed by atoms with Crippen molar-refractivity contribution in [3.8, 4) is 5.75 Å². The van der Waals surface area contributed by atoms with Gasteiger partial charge in [-0.1, -0.05) is 27.2 Å². The van der Waals surface area contributed by atoms with E-state index in [1.807, 2.05) is 50.7 Å². The number of hydrogen-bond acceptors (Lipinski definition) is 4. The first-order valence-corrected chi connectivity index (χ1v) is 12.1. The van der Waals surface area contributed by atoms with Gasteiger partial charge in [-0.25, -0.2) is 8.42 Å². The second-order valence-electron chi connectivity index (χ2n) is 8.15. The average molecular weight is 450 g/mol. The molecule has 0 bridgehead atoms. The summed E-state index contributed by atoms with van der Waals surface area (Å²) in [5.41, 5.74) is 1.01. The van der Waals surface area contributed by atoms with Gasteiger partial charge in [0, 0.05) is 32.0 Å². The number of aryl methyl sites for hydroxylation is 1. The number of nitrogens with zero attached hydrogens (tertiary/aromatic N) is 3. The molecule has 1 aromatic heterocycles. The van der Waals surface area contributed by atoms with Gasteiger partial charge in [0.2, 0.25) is 15.9 Å². The standard InChI is InChI=1S/C23H35N3O4S/c1-6-7-15-26(31(28,29)22-12-10-21(30-5)11-13-22)18-23(27)25(16-19(2)3)17-20-9-8-14-24(20)4/h8-14,19H,6-7,15-18H2,1-5H3. The molecule has 7 nitrogen and oxygen atoms in total. The van der Waals surface area contributed by atoms with Gasteiger partial charge in [-0.15, -0.1) is 0 Å². The van der Waals surface area contributed by atoms with Crippen LogP contribution in [0.25, 0.3) is 0 Å². The number of sulfonamides is 1. The molecule has 2 aromatic rings. The van der Waals surface area contributed by atoms with Crippen molar-refractivity contribution < 1.29 is 17.9 Å². The fraction of sp³-hybridized carbons (Fsp3) is 0.522. The van der Waals surface area contributed by atoms with Gasteiger partial charge in [0.05, 0.1) is 25.1 Å². The molecule has 1 amide bonds. The van der Waals surface area contributed by atoms with Crippen molar-refractivity contribution in [2.45, 2.75) is 45.1 Å². The molecule has 1 aromatic carbocycles. The normalized spacial score (nSPS) is 11.8. The summed E-state index contributed by atoms with van der Waals surface area (Å²) in [6, 6.07) is 10.2. The quantitative estimate of drug-likeness (QED) is 0.497. The summed E-state index contributed by atoms with van der Waals surface area (Å²) in [7, 11) is -0.327. The van der Waals surface area contributed by atoms with Crippen molar-refractivity contribution in [3.05, 3.63) is 48.3 Å². The maximum atomic E-state index is 13.3. The second-order valence-corrected chi connectivity index (χ2v) is 10.1. The van der Waals surface area contributed by atoms with Crippen LogP contribution >= 0.6 is 0 Å². The van der Waals surface area contributed by atoms with E-state index in [1.165, 1.54) is 23.5 Å². The number of carbonyl (C=O) groups is 1. The van der Waals surface area contributed by atoms with Gasteiger partial charge in [0.15, 0.2) is 0 Å². The minimum atomic E-state index is -3.80. The number of carbonyl (C=O) groups excluding carboxylic acids is 1. The Bertz CT molecular complexity index is 936. The molecule has 2 rings (SSSR count). The summed E-state index contributed by atoms with van der Waals surface area (Å²) in [6.07, 6.45) is 3.46. The Balaban J connectivity index is 2.26. The minimum Gasteiger partial charge on any atom is -0.497 e. The molecule has 0 spiro atoms. The Morgan fingerprint density at radius 1 is 1.16 bits per heavy atom. The summed E-state index contributed by atoms with van der Waals surface area (Å²) in [5, 5.41) is 0. The molecule has 8 heteroatoms. The molecule has 0 aliphatic heterocycles. The maximum Gasteiger partial charge on any atom is 0.243 e. The Hall–Kier alpha value is -2.32. The number of methoxy groups -OCH3 is 1. The highest BCUT2D eigenvalue weighted by Gasteiger charge is 2.28. The van der Waals surface area contributed by atoms with Crippen LogP contribution in [0, 0.1) is 5.92 Å². The van der Waals surface area contributed by atoms with Gasteiger partial charge in [-0.3, -0.25) is 4.79 Å². The van der Waals surface area contributed by atoms with E-state index >= 15 is 0 Å². The Kier molecular flexibility index (Phi) is 9.13. The first kappa shape index (κ1) is 24.9. The number of hydrogen-bond donors (Lipinski definition) is 0. The number of unbranched alkanes of at least 4 members (excludes halogenated alkanes) is 1. The molecule has 0 unspecified atom stereocenters. The van der Waals surface area contributed by atoms with Gasteiger partial charge in [-0.2, -0.15) is 4.31 Å². The zero-order valence-corrected chi connectivity index (χ0v) is 20.1. The topological polar surface area (TPSA) is 71.9 Å². The third-order valence-corrected chi connectivity index (χ3v) is 6.97. The lowest BCUT2D eigenvalue weighted by Crippen LogP contribution is -2.44. The first-order valence-electron chi connectivity index (χ1n) is 10.7. The third kappa shape index (κ3) is 6.83. The molecule has 0 aliphatic rings. The maximum absolute atomic E-state index is 13.3. The van der Waals surface area contributed by atoms with E-state index in [0.717, 1.165) is 12.1 Å². The number of amides is 1. The van der Waals surface area contributed by atoms with Crippen LogP contribution < -0.4 is 4.74 Å². The van der Waals surface area contributed by atoms with Crippen molar-refractivity contribution in [3.63, 3.8) is 0 Å². The molecule has 1 heterocycles. The van der Waals surface area contributed by atoms with Crippen LogP contribution in [0.15, 0.2) is 47.5 Å². The number of aromatic nitrogens is 1. The van der Waals surface area contributed by atoms with Crippen molar-refractivity contribution in [2.24, 2.45) is 13.0 Å².